The summed E-state index contributed by atoms with van der Waals surface area (Å²) < 4.78 is 17.0. The lowest BCUT2D eigenvalue weighted by atomic mass is 10.0. The minimum Gasteiger partial charge on any atom is -0.369 e. The molecular formula is C25H23ClFN7. The first-order valence-corrected chi connectivity index (χ1v) is 11.7. The van der Waals surface area contributed by atoms with Crippen molar-refractivity contribution in [2.24, 2.45) is 4.99 Å². The van der Waals surface area contributed by atoms with E-state index in [-0.39, 0.29) is 5.82 Å². The Hall–Kier alpha value is -3.49. The third kappa shape index (κ3) is 3.89. The van der Waals surface area contributed by atoms with Gasteiger partial charge in [-0.1, -0.05) is 23.7 Å². The molecule has 0 atom stereocenters. The van der Waals surface area contributed by atoms with Crippen molar-refractivity contribution in [1.29, 1.82) is 0 Å². The van der Waals surface area contributed by atoms with Crippen LogP contribution in [0.2, 0.25) is 5.02 Å². The fourth-order valence-electron chi connectivity index (χ4n) is 4.61. The van der Waals surface area contributed by atoms with Gasteiger partial charge in [-0.25, -0.2) is 14.4 Å². The van der Waals surface area contributed by atoms with Crippen LogP contribution in [0.1, 0.15) is 0 Å². The minimum absolute atomic E-state index is 0.281. The Labute approximate surface area is 201 Å². The third-order valence-electron chi connectivity index (χ3n) is 6.26. The van der Waals surface area contributed by atoms with Crippen molar-refractivity contribution in [2.75, 3.05) is 42.9 Å². The summed E-state index contributed by atoms with van der Waals surface area (Å²) in [5, 5.41) is 7.46. The number of pyridine rings is 1. The first-order chi connectivity index (χ1) is 16.7. The van der Waals surface area contributed by atoms with E-state index in [4.69, 9.17) is 16.6 Å². The number of hydrogen-bond acceptors (Lipinski definition) is 6. The molecule has 2 aromatic rings. The highest BCUT2D eigenvalue weighted by atomic mass is 35.5. The maximum Gasteiger partial charge on any atom is 0.251 e. The van der Waals surface area contributed by atoms with Crippen molar-refractivity contribution < 1.29 is 4.39 Å². The third-order valence-corrected chi connectivity index (χ3v) is 6.52. The highest BCUT2D eigenvalue weighted by Gasteiger charge is 2.22. The Bertz CT molecular complexity index is 1390. The number of aromatic nitrogens is 3. The monoisotopic (exact) mass is 475 g/mol. The van der Waals surface area contributed by atoms with Gasteiger partial charge >= 0.3 is 0 Å². The molecule has 0 unspecified atom stereocenters. The molecule has 1 saturated heterocycles. The van der Waals surface area contributed by atoms with E-state index in [9.17, 15) is 4.39 Å². The zero-order chi connectivity index (χ0) is 23.1. The second kappa shape index (κ2) is 8.70. The molecule has 0 aromatic heterocycles. The normalized spacial score (nSPS) is 16.1. The van der Waals surface area contributed by atoms with Crippen molar-refractivity contribution in [3.8, 4) is 22.5 Å². The van der Waals surface area contributed by atoms with Crippen LogP contribution >= 0.6 is 11.6 Å². The van der Waals surface area contributed by atoms with Gasteiger partial charge in [0.15, 0.2) is 0 Å². The van der Waals surface area contributed by atoms with Crippen LogP contribution in [0.15, 0.2) is 59.7 Å². The van der Waals surface area contributed by atoms with Gasteiger partial charge in [0, 0.05) is 67.7 Å². The van der Waals surface area contributed by atoms with Crippen LogP contribution in [0.3, 0.4) is 0 Å². The second-order valence-electron chi connectivity index (χ2n) is 8.43. The molecular weight excluding hydrogens is 453 g/mol. The molecule has 9 heteroatoms. The van der Waals surface area contributed by atoms with E-state index in [1.54, 1.807) is 12.3 Å². The van der Waals surface area contributed by atoms with E-state index in [1.165, 1.54) is 6.07 Å². The van der Waals surface area contributed by atoms with Crippen LogP contribution in [-0.2, 0) is 6.54 Å². The van der Waals surface area contributed by atoms with Gasteiger partial charge in [0.25, 0.3) is 5.62 Å². The summed E-state index contributed by atoms with van der Waals surface area (Å²) in [6, 6.07) is 14.9. The smallest absolute Gasteiger partial charge is 0.251 e. The first-order valence-electron chi connectivity index (χ1n) is 11.4. The average Bonchev–Trinajstić information content (AvgIpc) is 3.35. The second-order valence-corrected chi connectivity index (χ2v) is 8.86. The molecule has 6 rings (SSSR count). The molecule has 0 amide bonds. The molecule has 7 nitrogen and oxygen atoms in total. The summed E-state index contributed by atoms with van der Waals surface area (Å²) in [5.41, 5.74) is 4.46. The molecule has 2 N–H and O–H groups in total. The van der Waals surface area contributed by atoms with Gasteiger partial charge in [0.05, 0.1) is 11.4 Å². The van der Waals surface area contributed by atoms with Gasteiger partial charge in [-0.15, -0.1) is 0 Å². The van der Waals surface area contributed by atoms with E-state index in [0.29, 0.717) is 22.0 Å². The molecule has 4 aliphatic rings. The standard InChI is InChI=1S/C25H23ClFN7/c26-18-3-1-16(2-4-18)20-13-17-15-30-25(32-23(17)34-12-9-29-24(20)34)31-19-5-6-22(21(27)14-19)33-10-7-28-8-11-33/h1-6,13-15,28-29H,7-12H2. The van der Waals surface area contributed by atoms with Crippen molar-refractivity contribution >= 4 is 28.8 Å². The topological polar surface area (TPSA) is 70.4 Å². The molecule has 0 bridgehead atoms. The minimum atomic E-state index is -0.281. The van der Waals surface area contributed by atoms with E-state index in [2.05, 4.69) is 31.2 Å². The number of fused-ring (bicyclic) bond motifs is 3. The number of hydrogen-bond donors (Lipinski definition) is 2. The van der Waals surface area contributed by atoms with Gasteiger partial charge in [0.1, 0.15) is 17.5 Å². The highest BCUT2D eigenvalue weighted by molar-refractivity contribution is 6.30. The summed E-state index contributed by atoms with van der Waals surface area (Å²) in [7, 11) is 0. The first kappa shape index (κ1) is 21.1. The summed E-state index contributed by atoms with van der Waals surface area (Å²) >= 11 is 6.07. The van der Waals surface area contributed by atoms with Gasteiger partial charge in [0.2, 0.25) is 0 Å². The van der Waals surface area contributed by atoms with Gasteiger partial charge in [-0.2, -0.15) is 4.98 Å². The Morgan fingerprint density at radius 3 is 2.56 bits per heavy atom. The number of halogens is 2. The molecule has 172 valence electrons. The molecule has 0 spiro atoms. The predicted octanol–water partition coefficient (Wildman–Crippen LogP) is 3.91. The predicted molar refractivity (Wildman–Crippen MR) is 132 cm³/mol. The molecule has 0 radical (unpaired) electrons. The molecule has 4 heterocycles. The van der Waals surface area contributed by atoms with Crippen LogP contribution in [0.25, 0.3) is 22.5 Å². The van der Waals surface area contributed by atoms with E-state index < -0.39 is 0 Å². The van der Waals surface area contributed by atoms with Crippen molar-refractivity contribution in [2.45, 2.75) is 6.54 Å². The number of nitrogens with one attached hydrogen (secondary N) is 2. The molecule has 4 aliphatic heterocycles. The summed E-state index contributed by atoms with van der Waals surface area (Å²) in [6.45, 7) is 4.89. The summed E-state index contributed by atoms with van der Waals surface area (Å²) in [5.74, 6) is 1.52. The van der Waals surface area contributed by atoms with Crippen LogP contribution in [0.5, 0.6) is 0 Å². The van der Waals surface area contributed by atoms with Gasteiger partial charge in [-0.05, 0) is 35.9 Å². The molecule has 0 aliphatic carbocycles. The number of piperazine rings is 1. The van der Waals surface area contributed by atoms with Crippen LogP contribution in [0.4, 0.5) is 21.6 Å². The number of benzene rings is 2. The van der Waals surface area contributed by atoms with Gasteiger partial charge < -0.3 is 20.1 Å². The Morgan fingerprint density at radius 1 is 0.941 bits per heavy atom. The zero-order valence-electron chi connectivity index (χ0n) is 18.4. The zero-order valence-corrected chi connectivity index (χ0v) is 19.2. The average molecular weight is 476 g/mol. The van der Waals surface area contributed by atoms with Crippen molar-refractivity contribution in [1.82, 2.24) is 19.9 Å². The Morgan fingerprint density at radius 2 is 1.76 bits per heavy atom. The Balaban J connectivity index is 1.39. The lowest BCUT2D eigenvalue weighted by molar-refractivity contribution is 0.566. The molecule has 0 saturated carbocycles. The Kier molecular flexibility index (Phi) is 5.39. The largest absolute Gasteiger partial charge is 0.369 e. The number of rotatable bonds is 3. The maximum atomic E-state index is 14.8. The summed E-state index contributed by atoms with van der Waals surface area (Å²) in [4.78, 5) is 15.7. The van der Waals surface area contributed by atoms with Gasteiger partial charge in [-0.3, -0.25) is 0 Å². The molecule has 34 heavy (non-hydrogen) atoms. The quantitative estimate of drug-likeness (QED) is 0.470. The lowest BCUT2D eigenvalue weighted by Gasteiger charge is -2.29. The highest BCUT2D eigenvalue weighted by Crippen LogP contribution is 2.36. The number of anilines is 2. The fourth-order valence-corrected chi connectivity index (χ4v) is 4.73. The van der Waals surface area contributed by atoms with E-state index >= 15 is 0 Å². The van der Waals surface area contributed by atoms with E-state index in [1.807, 2.05) is 35.2 Å². The van der Waals surface area contributed by atoms with Crippen LogP contribution < -0.4 is 21.2 Å². The van der Waals surface area contributed by atoms with Crippen molar-refractivity contribution in [3.63, 3.8) is 0 Å². The SMILES string of the molecule is Fc1cc(N=c2ncc3cc(-c4ccc(Cl)cc4)c4n(c-3n2)CCN4)ccc1N1CCNCC1. The van der Waals surface area contributed by atoms with E-state index in [0.717, 1.165) is 67.6 Å². The van der Waals surface area contributed by atoms with Crippen molar-refractivity contribution in [3.05, 3.63) is 71.2 Å². The maximum absolute atomic E-state index is 14.8. The van der Waals surface area contributed by atoms with Crippen LogP contribution in [-0.4, -0.2) is 47.3 Å². The lowest BCUT2D eigenvalue weighted by Crippen LogP contribution is -2.43. The molecule has 1 fully saturated rings. The fraction of sp³-hybridized carbons (Fsp3) is 0.240. The van der Waals surface area contributed by atoms with Crippen LogP contribution in [0, 0.1) is 5.82 Å². The summed E-state index contributed by atoms with van der Waals surface area (Å²) in [6.07, 6.45) is 1.78. The number of nitrogens with zero attached hydrogens (tertiary/aromatic N) is 5. The molecule has 2 aromatic carbocycles.